The molecule has 0 spiro atoms. The summed E-state index contributed by atoms with van der Waals surface area (Å²) in [6.45, 7) is 6.94. The summed E-state index contributed by atoms with van der Waals surface area (Å²) < 4.78 is 6.69. The van der Waals surface area contributed by atoms with E-state index in [-0.39, 0.29) is 17.1 Å². The van der Waals surface area contributed by atoms with Gasteiger partial charge in [-0.15, -0.1) is 0 Å². The summed E-state index contributed by atoms with van der Waals surface area (Å²) in [5.74, 6) is 0.747. The SMILES string of the molecule is Cc1ccc(COc2ccc(/C=C3\SC(=O)N(CC(C)C)C3=O)cc2Br)cc1. The van der Waals surface area contributed by atoms with Crippen molar-refractivity contribution in [3.05, 3.63) is 68.5 Å². The van der Waals surface area contributed by atoms with E-state index >= 15 is 0 Å². The van der Waals surface area contributed by atoms with E-state index in [0.717, 1.165) is 33.1 Å². The number of ether oxygens (including phenoxy) is 1. The molecule has 0 aliphatic carbocycles. The molecular weight excluding hydrogens is 438 g/mol. The van der Waals surface area contributed by atoms with Gasteiger partial charge in [-0.2, -0.15) is 0 Å². The molecule has 0 bridgehead atoms. The van der Waals surface area contributed by atoms with Crippen LogP contribution in [0.2, 0.25) is 0 Å². The van der Waals surface area contributed by atoms with Gasteiger partial charge in [-0.25, -0.2) is 0 Å². The topological polar surface area (TPSA) is 46.6 Å². The molecule has 3 rings (SSSR count). The highest BCUT2D eigenvalue weighted by molar-refractivity contribution is 9.10. The first kappa shape index (κ1) is 20.7. The first-order valence-corrected chi connectivity index (χ1v) is 10.7. The van der Waals surface area contributed by atoms with Crippen molar-refractivity contribution in [3.63, 3.8) is 0 Å². The predicted octanol–water partition coefficient (Wildman–Crippen LogP) is 6.03. The minimum Gasteiger partial charge on any atom is -0.488 e. The normalized spacial score (nSPS) is 15.8. The maximum absolute atomic E-state index is 12.5. The molecule has 2 aromatic rings. The molecule has 4 nitrogen and oxygen atoms in total. The van der Waals surface area contributed by atoms with Crippen molar-refractivity contribution in [2.45, 2.75) is 27.4 Å². The number of benzene rings is 2. The molecule has 6 heteroatoms. The second-order valence-corrected chi connectivity index (χ2v) is 9.00. The minimum atomic E-state index is -0.223. The lowest BCUT2D eigenvalue weighted by Crippen LogP contribution is -2.31. The summed E-state index contributed by atoms with van der Waals surface area (Å²) >= 11 is 4.52. The third kappa shape index (κ3) is 5.06. The molecule has 1 fully saturated rings. The van der Waals surface area contributed by atoms with E-state index in [2.05, 4.69) is 35.0 Å². The molecule has 1 aliphatic rings. The Balaban J connectivity index is 1.70. The summed E-state index contributed by atoms with van der Waals surface area (Å²) in [5, 5.41) is -0.206. The Morgan fingerprint density at radius 3 is 2.50 bits per heavy atom. The van der Waals surface area contributed by atoms with Crippen molar-refractivity contribution < 1.29 is 14.3 Å². The summed E-state index contributed by atoms with van der Waals surface area (Å²) in [6.07, 6.45) is 1.75. The highest BCUT2D eigenvalue weighted by Crippen LogP contribution is 2.34. The number of rotatable bonds is 6. The number of hydrogen-bond donors (Lipinski definition) is 0. The predicted molar refractivity (Wildman–Crippen MR) is 117 cm³/mol. The molecule has 28 heavy (non-hydrogen) atoms. The first-order valence-electron chi connectivity index (χ1n) is 9.06. The Labute approximate surface area is 178 Å². The van der Waals surface area contributed by atoms with Crippen molar-refractivity contribution >= 4 is 44.9 Å². The molecule has 146 valence electrons. The number of carbonyl (C=O) groups excluding carboxylic acids is 2. The fourth-order valence-corrected chi connectivity index (χ4v) is 4.10. The van der Waals surface area contributed by atoms with Crippen LogP contribution in [0.25, 0.3) is 6.08 Å². The maximum atomic E-state index is 12.5. The molecule has 2 aromatic carbocycles. The lowest BCUT2D eigenvalue weighted by atomic mass is 10.1. The van der Waals surface area contributed by atoms with Crippen molar-refractivity contribution in [1.29, 1.82) is 0 Å². The molecule has 0 atom stereocenters. The van der Waals surface area contributed by atoms with E-state index in [1.54, 1.807) is 6.08 Å². The number of imide groups is 1. The Kier molecular flexibility index (Phi) is 6.62. The molecule has 0 radical (unpaired) electrons. The number of amides is 2. The molecular formula is C22H22BrNO3S. The zero-order chi connectivity index (χ0) is 20.3. The van der Waals surface area contributed by atoms with Crippen LogP contribution >= 0.6 is 27.7 Å². The largest absolute Gasteiger partial charge is 0.488 e. The van der Waals surface area contributed by atoms with Crippen LogP contribution < -0.4 is 4.74 Å². The highest BCUT2D eigenvalue weighted by atomic mass is 79.9. The van der Waals surface area contributed by atoms with Crippen molar-refractivity contribution in [1.82, 2.24) is 4.90 Å². The Morgan fingerprint density at radius 1 is 1.14 bits per heavy atom. The van der Waals surface area contributed by atoms with Gasteiger partial charge in [-0.05, 0) is 69.9 Å². The van der Waals surface area contributed by atoms with Crippen LogP contribution in [0.3, 0.4) is 0 Å². The molecule has 1 heterocycles. The maximum Gasteiger partial charge on any atom is 0.293 e. The van der Waals surface area contributed by atoms with Gasteiger partial charge >= 0.3 is 0 Å². The Bertz CT molecular complexity index is 922. The van der Waals surface area contributed by atoms with Crippen LogP contribution in [0.15, 0.2) is 51.8 Å². The third-order valence-corrected chi connectivity index (χ3v) is 5.72. The number of carbonyl (C=O) groups is 2. The van der Waals surface area contributed by atoms with Gasteiger partial charge in [0.1, 0.15) is 12.4 Å². The van der Waals surface area contributed by atoms with Crippen LogP contribution in [0.4, 0.5) is 4.79 Å². The van der Waals surface area contributed by atoms with Crippen LogP contribution in [-0.2, 0) is 11.4 Å². The monoisotopic (exact) mass is 459 g/mol. The molecule has 0 saturated carbocycles. The number of aryl methyl sites for hydroxylation is 1. The minimum absolute atomic E-state index is 0.206. The zero-order valence-electron chi connectivity index (χ0n) is 16.1. The third-order valence-electron chi connectivity index (χ3n) is 4.19. The second-order valence-electron chi connectivity index (χ2n) is 7.15. The molecule has 1 aliphatic heterocycles. The standard InChI is InChI=1S/C22H22BrNO3S/c1-14(2)12-24-21(25)20(28-22(24)26)11-17-8-9-19(18(23)10-17)27-13-16-6-4-15(3)5-7-16/h4-11,14H,12-13H2,1-3H3/b20-11-. The van der Waals surface area contributed by atoms with E-state index in [1.165, 1.54) is 10.5 Å². The van der Waals surface area contributed by atoms with Gasteiger partial charge in [0, 0.05) is 6.54 Å². The number of halogens is 1. The molecule has 0 aromatic heterocycles. The quantitative estimate of drug-likeness (QED) is 0.494. The summed E-state index contributed by atoms with van der Waals surface area (Å²) in [6, 6.07) is 13.8. The van der Waals surface area contributed by atoms with Gasteiger partial charge in [-0.1, -0.05) is 49.7 Å². The smallest absolute Gasteiger partial charge is 0.293 e. The second kappa shape index (κ2) is 8.97. The lowest BCUT2D eigenvalue weighted by Gasteiger charge is -2.14. The number of nitrogens with zero attached hydrogens (tertiary/aromatic N) is 1. The summed E-state index contributed by atoms with van der Waals surface area (Å²) in [7, 11) is 0. The van der Waals surface area contributed by atoms with Gasteiger partial charge < -0.3 is 4.74 Å². The fourth-order valence-electron chi connectivity index (χ4n) is 2.74. The fraction of sp³-hybridized carbons (Fsp3) is 0.273. The van der Waals surface area contributed by atoms with Gasteiger partial charge in [0.25, 0.3) is 11.1 Å². The highest BCUT2D eigenvalue weighted by Gasteiger charge is 2.35. The summed E-state index contributed by atoms with van der Waals surface area (Å²) in [5.41, 5.74) is 3.15. The van der Waals surface area contributed by atoms with Gasteiger partial charge in [0.15, 0.2) is 0 Å². The van der Waals surface area contributed by atoms with Gasteiger partial charge in [0.2, 0.25) is 0 Å². The molecule has 2 amide bonds. The van der Waals surface area contributed by atoms with Crippen LogP contribution in [0, 0.1) is 12.8 Å². The van der Waals surface area contributed by atoms with E-state index in [1.807, 2.05) is 44.2 Å². The van der Waals surface area contributed by atoms with Crippen LogP contribution in [0.1, 0.15) is 30.5 Å². The van der Waals surface area contributed by atoms with Crippen molar-refractivity contribution in [3.8, 4) is 5.75 Å². The molecule has 0 unspecified atom stereocenters. The van der Waals surface area contributed by atoms with E-state index in [4.69, 9.17) is 4.74 Å². The number of thioether (sulfide) groups is 1. The van der Waals surface area contributed by atoms with E-state index in [9.17, 15) is 9.59 Å². The Morgan fingerprint density at radius 2 is 1.86 bits per heavy atom. The number of hydrogen-bond acceptors (Lipinski definition) is 4. The average Bonchev–Trinajstić information content (AvgIpc) is 2.89. The van der Waals surface area contributed by atoms with E-state index in [0.29, 0.717) is 18.1 Å². The Hall–Kier alpha value is -2.05. The average molecular weight is 460 g/mol. The van der Waals surface area contributed by atoms with Gasteiger partial charge in [-0.3, -0.25) is 14.5 Å². The van der Waals surface area contributed by atoms with Crippen molar-refractivity contribution in [2.75, 3.05) is 6.54 Å². The summed E-state index contributed by atoms with van der Waals surface area (Å²) in [4.78, 5) is 26.3. The molecule has 0 N–H and O–H groups in total. The zero-order valence-corrected chi connectivity index (χ0v) is 18.5. The van der Waals surface area contributed by atoms with E-state index < -0.39 is 0 Å². The first-order chi connectivity index (χ1) is 13.3. The van der Waals surface area contributed by atoms with Crippen LogP contribution in [-0.4, -0.2) is 22.6 Å². The lowest BCUT2D eigenvalue weighted by molar-refractivity contribution is -0.123. The van der Waals surface area contributed by atoms with Crippen molar-refractivity contribution in [2.24, 2.45) is 5.92 Å². The molecule has 1 saturated heterocycles. The van der Waals surface area contributed by atoms with Crippen LogP contribution in [0.5, 0.6) is 5.75 Å². The van der Waals surface area contributed by atoms with Gasteiger partial charge in [0.05, 0.1) is 9.38 Å².